The maximum atomic E-state index is 12.3. The van der Waals surface area contributed by atoms with Gasteiger partial charge in [-0.25, -0.2) is 0 Å². The molecule has 1 amide bonds. The van der Waals surface area contributed by atoms with E-state index in [9.17, 15) is 23.8 Å². The fourth-order valence-electron chi connectivity index (χ4n) is 1.88. The number of phenols is 2. The smallest absolute Gasteiger partial charge is 0.288 e. The molecule has 0 atom stereocenters. The number of benzene rings is 2. The van der Waals surface area contributed by atoms with Gasteiger partial charge in [0.2, 0.25) is 0 Å². The third-order valence-corrected chi connectivity index (χ3v) is 3.74. The molecule has 0 saturated carbocycles. The highest BCUT2D eigenvalue weighted by molar-refractivity contribution is 7.99. The Morgan fingerprint density at radius 2 is 1.88 bits per heavy atom. The van der Waals surface area contributed by atoms with Crippen LogP contribution in [-0.4, -0.2) is 21.9 Å². The molecule has 0 bridgehead atoms. The Hall–Kier alpha value is -3.05. The van der Waals surface area contributed by atoms with Crippen LogP contribution in [0.3, 0.4) is 0 Å². The number of rotatable bonds is 5. The summed E-state index contributed by atoms with van der Waals surface area (Å²) >= 11 is 0.383. The van der Waals surface area contributed by atoms with Gasteiger partial charge in [-0.05, 0) is 42.5 Å². The number of anilines is 1. The molecule has 3 N–H and O–H groups in total. The summed E-state index contributed by atoms with van der Waals surface area (Å²) in [5, 5.41) is 30.5. The van der Waals surface area contributed by atoms with E-state index in [4.69, 9.17) is 5.26 Å². The lowest BCUT2D eigenvalue weighted by atomic mass is 10.1. The number of nitrogens with one attached hydrogen (secondary N) is 1. The zero-order valence-electron chi connectivity index (χ0n) is 12.6. The van der Waals surface area contributed by atoms with Crippen LogP contribution in [0.15, 0.2) is 52.9 Å². The second kappa shape index (κ2) is 8.17. The zero-order chi connectivity index (χ0) is 18.4. The van der Waals surface area contributed by atoms with Crippen molar-refractivity contribution in [2.24, 2.45) is 0 Å². The Bertz CT molecular complexity index is 846. The third-order valence-electron chi connectivity index (χ3n) is 3.02. The van der Waals surface area contributed by atoms with Gasteiger partial charge in [0.05, 0.1) is 0 Å². The summed E-state index contributed by atoms with van der Waals surface area (Å²) in [4.78, 5) is 12.5. The molecule has 128 valence electrons. The maximum absolute atomic E-state index is 12.3. The number of halogens is 2. The molecular weight excluding hydrogens is 350 g/mol. The molecule has 0 spiro atoms. The lowest BCUT2D eigenvalue weighted by Gasteiger charge is -2.06. The second-order valence-corrected chi connectivity index (χ2v) is 5.83. The van der Waals surface area contributed by atoms with Crippen molar-refractivity contribution in [1.82, 2.24) is 0 Å². The number of phenolic OH excluding ortho intramolecular Hbond substituents is 2. The number of carbonyl (C=O) groups is 1. The van der Waals surface area contributed by atoms with E-state index in [2.05, 4.69) is 5.32 Å². The third kappa shape index (κ3) is 5.22. The van der Waals surface area contributed by atoms with Crippen molar-refractivity contribution in [2.75, 3.05) is 5.32 Å². The molecule has 2 aromatic rings. The normalized spacial score (nSPS) is 11.2. The summed E-state index contributed by atoms with van der Waals surface area (Å²) < 4.78 is 24.5. The number of alkyl halides is 2. The predicted molar refractivity (Wildman–Crippen MR) is 90.3 cm³/mol. The van der Waals surface area contributed by atoms with E-state index < -0.39 is 11.7 Å². The van der Waals surface area contributed by atoms with Gasteiger partial charge in [0.15, 0.2) is 0 Å². The van der Waals surface area contributed by atoms with Crippen LogP contribution in [0, 0.1) is 11.3 Å². The van der Waals surface area contributed by atoms with E-state index in [1.807, 2.05) is 0 Å². The first-order chi connectivity index (χ1) is 11.9. The minimum atomic E-state index is -2.54. The van der Waals surface area contributed by atoms with Gasteiger partial charge in [0.1, 0.15) is 23.1 Å². The minimum Gasteiger partial charge on any atom is -0.508 e. The highest BCUT2D eigenvalue weighted by atomic mass is 32.2. The first-order valence-corrected chi connectivity index (χ1v) is 7.77. The van der Waals surface area contributed by atoms with Crippen LogP contribution in [0.2, 0.25) is 0 Å². The topological polar surface area (TPSA) is 93.3 Å². The maximum Gasteiger partial charge on any atom is 0.288 e. The second-order valence-electron chi connectivity index (χ2n) is 4.77. The van der Waals surface area contributed by atoms with Crippen LogP contribution in [0.5, 0.6) is 11.5 Å². The monoisotopic (exact) mass is 362 g/mol. The first-order valence-electron chi connectivity index (χ1n) is 6.89. The quantitative estimate of drug-likeness (QED) is 0.425. The summed E-state index contributed by atoms with van der Waals surface area (Å²) in [7, 11) is 0. The van der Waals surface area contributed by atoms with Crippen LogP contribution in [-0.2, 0) is 4.79 Å². The highest BCUT2D eigenvalue weighted by Gasteiger charge is 2.12. The molecule has 25 heavy (non-hydrogen) atoms. The molecule has 0 saturated heterocycles. The first kappa shape index (κ1) is 18.3. The van der Waals surface area contributed by atoms with Crippen molar-refractivity contribution < 1.29 is 23.8 Å². The van der Waals surface area contributed by atoms with Gasteiger partial charge < -0.3 is 15.5 Å². The fourth-order valence-corrected chi connectivity index (χ4v) is 2.38. The van der Waals surface area contributed by atoms with Crippen molar-refractivity contribution in [3.8, 4) is 17.6 Å². The number of amides is 1. The molecule has 0 aromatic heterocycles. The van der Waals surface area contributed by atoms with Crippen molar-refractivity contribution >= 4 is 29.4 Å². The number of hydrogen-bond donors (Lipinski definition) is 3. The van der Waals surface area contributed by atoms with Gasteiger partial charge in [-0.2, -0.15) is 14.0 Å². The van der Waals surface area contributed by atoms with E-state index in [1.54, 1.807) is 6.07 Å². The standard InChI is InChI=1S/C17H12F2N2O3S/c18-17(19)25-14-5-2-12(3-6-14)21-16(24)11(9-20)7-10-1-4-13(22)8-15(10)23/h1-8,17,22-23H,(H,21,24). The van der Waals surface area contributed by atoms with Gasteiger partial charge in [-0.15, -0.1) is 0 Å². The molecule has 0 aliphatic rings. The summed E-state index contributed by atoms with van der Waals surface area (Å²) in [6, 6.07) is 11.2. The largest absolute Gasteiger partial charge is 0.508 e. The number of hydrogen-bond acceptors (Lipinski definition) is 5. The molecule has 0 radical (unpaired) electrons. The van der Waals surface area contributed by atoms with Gasteiger partial charge in [0, 0.05) is 22.2 Å². The van der Waals surface area contributed by atoms with Gasteiger partial charge in [-0.1, -0.05) is 11.8 Å². The van der Waals surface area contributed by atoms with E-state index in [0.717, 1.165) is 6.07 Å². The van der Waals surface area contributed by atoms with Crippen molar-refractivity contribution in [2.45, 2.75) is 10.7 Å². The average molecular weight is 362 g/mol. The molecule has 0 aliphatic heterocycles. The number of thioether (sulfide) groups is 1. The molecule has 2 rings (SSSR count). The summed E-state index contributed by atoms with van der Waals surface area (Å²) in [5.74, 6) is -3.69. The van der Waals surface area contributed by atoms with Gasteiger partial charge in [-0.3, -0.25) is 4.79 Å². The van der Waals surface area contributed by atoms with Gasteiger partial charge >= 0.3 is 0 Å². The number of aromatic hydroxyl groups is 2. The highest BCUT2D eigenvalue weighted by Crippen LogP contribution is 2.27. The van der Waals surface area contributed by atoms with Crippen LogP contribution < -0.4 is 5.32 Å². The molecule has 0 heterocycles. The van der Waals surface area contributed by atoms with Crippen LogP contribution >= 0.6 is 11.8 Å². The molecule has 0 aliphatic carbocycles. The van der Waals surface area contributed by atoms with Crippen molar-refractivity contribution in [3.63, 3.8) is 0 Å². The van der Waals surface area contributed by atoms with E-state index in [-0.39, 0.29) is 22.6 Å². The van der Waals surface area contributed by atoms with Crippen LogP contribution in [0.4, 0.5) is 14.5 Å². The lowest BCUT2D eigenvalue weighted by molar-refractivity contribution is -0.112. The van der Waals surface area contributed by atoms with Gasteiger partial charge in [0.25, 0.3) is 11.7 Å². The lowest BCUT2D eigenvalue weighted by Crippen LogP contribution is -2.13. The Balaban J connectivity index is 2.14. The molecular formula is C17H12F2N2O3S. The van der Waals surface area contributed by atoms with Crippen molar-refractivity contribution in [3.05, 3.63) is 53.6 Å². The molecule has 8 heteroatoms. The molecule has 5 nitrogen and oxygen atoms in total. The number of carbonyl (C=O) groups excluding carboxylic acids is 1. The minimum absolute atomic E-state index is 0.153. The SMILES string of the molecule is N#CC(=Cc1ccc(O)cc1O)C(=O)Nc1ccc(SC(F)F)cc1. The number of nitrogens with zero attached hydrogens (tertiary/aromatic N) is 1. The van der Waals surface area contributed by atoms with E-state index in [0.29, 0.717) is 22.3 Å². The molecule has 0 unspecified atom stereocenters. The fraction of sp³-hybridized carbons (Fsp3) is 0.0588. The average Bonchev–Trinajstić information content (AvgIpc) is 2.55. The zero-order valence-corrected chi connectivity index (χ0v) is 13.4. The van der Waals surface area contributed by atoms with Crippen LogP contribution in [0.1, 0.15) is 5.56 Å². The number of nitriles is 1. The van der Waals surface area contributed by atoms with Crippen LogP contribution in [0.25, 0.3) is 6.08 Å². The van der Waals surface area contributed by atoms with Crippen molar-refractivity contribution in [1.29, 1.82) is 5.26 Å². The Morgan fingerprint density at radius 1 is 1.20 bits per heavy atom. The predicted octanol–water partition coefficient (Wildman–Crippen LogP) is 3.96. The molecule has 2 aromatic carbocycles. The van der Waals surface area contributed by atoms with E-state index >= 15 is 0 Å². The molecule has 0 fully saturated rings. The summed E-state index contributed by atoms with van der Waals surface area (Å²) in [6.07, 6.45) is 1.17. The summed E-state index contributed by atoms with van der Waals surface area (Å²) in [6.45, 7) is 0. The summed E-state index contributed by atoms with van der Waals surface area (Å²) in [5.41, 5.74) is 0.250. The Labute approximate surface area is 146 Å². The Kier molecular flexibility index (Phi) is 5.98. The van der Waals surface area contributed by atoms with E-state index in [1.165, 1.54) is 42.5 Å². The Morgan fingerprint density at radius 3 is 2.44 bits per heavy atom.